The van der Waals surface area contributed by atoms with E-state index in [0.717, 1.165) is 27.2 Å². The maximum atomic E-state index is 13.7. The number of carbonyl (C=O) groups excluding carboxylic acids is 3. The Morgan fingerprint density at radius 3 is 2.56 bits per heavy atom. The lowest BCUT2D eigenvalue weighted by Crippen LogP contribution is -2.54. The highest BCUT2D eigenvalue weighted by Crippen LogP contribution is 2.33. The second-order valence-electron chi connectivity index (χ2n) is 8.47. The summed E-state index contributed by atoms with van der Waals surface area (Å²) in [5.41, 5.74) is 3.93. The summed E-state index contributed by atoms with van der Waals surface area (Å²) in [6, 6.07) is 14.4. The Labute approximate surface area is 216 Å². The van der Waals surface area contributed by atoms with Crippen LogP contribution in [0.4, 0.5) is 14.9 Å². The molecule has 0 spiro atoms. The zero-order chi connectivity index (χ0) is 26.0. The van der Waals surface area contributed by atoms with E-state index in [1.54, 1.807) is 31.2 Å². The molecule has 1 fully saturated rings. The first-order chi connectivity index (χ1) is 17.2. The van der Waals surface area contributed by atoms with Gasteiger partial charge in [0.2, 0.25) is 0 Å². The molecule has 1 aliphatic heterocycles. The highest BCUT2D eigenvalue weighted by molar-refractivity contribution is 9.10. The Morgan fingerprint density at radius 1 is 1.06 bits per heavy atom. The number of ether oxygens (including phenoxy) is 1. The van der Waals surface area contributed by atoms with Crippen LogP contribution in [-0.4, -0.2) is 24.5 Å². The number of rotatable bonds is 6. The molecule has 0 atom stereocenters. The number of benzene rings is 3. The lowest BCUT2D eigenvalue weighted by atomic mass is 10.00. The molecule has 3 aromatic rings. The first kappa shape index (κ1) is 25.3. The van der Waals surface area contributed by atoms with Crippen molar-refractivity contribution in [2.24, 2.45) is 0 Å². The Balaban J connectivity index is 1.74. The fraction of sp³-hybridized carbons (Fsp3) is 0.179. The molecule has 0 aliphatic carbocycles. The number of carbonyl (C=O) groups is 3. The molecule has 3 aromatic carbocycles. The molecule has 4 amide bonds. The van der Waals surface area contributed by atoms with Gasteiger partial charge in [-0.25, -0.2) is 14.1 Å². The van der Waals surface area contributed by atoms with Crippen LogP contribution in [0.15, 0.2) is 64.6 Å². The number of halogens is 2. The average Bonchev–Trinajstić information content (AvgIpc) is 2.81. The smallest absolute Gasteiger partial charge is 0.335 e. The topological polar surface area (TPSA) is 75.7 Å². The SMILES string of the molecule is CCOc1cc(/C=C2\C(=O)NC(=O)N(c3cc(C)ccc3C)C2=O)cc(Br)c1Cc1cccc(F)c1. The van der Waals surface area contributed by atoms with Gasteiger partial charge in [-0.15, -0.1) is 0 Å². The molecule has 0 aromatic heterocycles. The number of barbiturate groups is 1. The molecule has 1 N–H and O–H groups in total. The van der Waals surface area contributed by atoms with Crippen LogP contribution in [0.1, 0.15) is 34.7 Å². The summed E-state index contributed by atoms with van der Waals surface area (Å²) < 4.78 is 20.2. The molecule has 8 heteroatoms. The molecule has 1 saturated heterocycles. The quantitative estimate of drug-likeness (QED) is 0.308. The normalized spacial score (nSPS) is 14.9. The van der Waals surface area contributed by atoms with E-state index in [0.29, 0.717) is 34.5 Å². The third kappa shape index (κ3) is 5.23. The lowest BCUT2D eigenvalue weighted by molar-refractivity contribution is -0.122. The Hall–Kier alpha value is -3.78. The molecule has 0 bridgehead atoms. The molecule has 1 aliphatic rings. The van der Waals surface area contributed by atoms with Crippen LogP contribution >= 0.6 is 15.9 Å². The van der Waals surface area contributed by atoms with Crippen molar-refractivity contribution in [2.45, 2.75) is 27.2 Å². The van der Waals surface area contributed by atoms with Gasteiger partial charge in [0.15, 0.2) is 0 Å². The number of imide groups is 2. The largest absolute Gasteiger partial charge is 0.494 e. The maximum Gasteiger partial charge on any atom is 0.335 e. The molecule has 0 unspecified atom stereocenters. The third-order valence-corrected chi connectivity index (χ3v) is 6.47. The molecule has 0 saturated carbocycles. The van der Waals surface area contributed by atoms with Crippen molar-refractivity contribution < 1.29 is 23.5 Å². The second-order valence-corrected chi connectivity index (χ2v) is 9.32. The van der Waals surface area contributed by atoms with Crippen molar-refractivity contribution in [2.75, 3.05) is 11.5 Å². The summed E-state index contributed by atoms with van der Waals surface area (Å²) in [4.78, 5) is 39.6. The lowest BCUT2D eigenvalue weighted by Gasteiger charge is -2.28. The van der Waals surface area contributed by atoms with Crippen molar-refractivity contribution in [1.29, 1.82) is 0 Å². The summed E-state index contributed by atoms with van der Waals surface area (Å²) in [6.07, 6.45) is 1.85. The van der Waals surface area contributed by atoms with Gasteiger partial charge in [-0.1, -0.05) is 40.2 Å². The molecule has 1 heterocycles. The van der Waals surface area contributed by atoms with E-state index in [1.165, 1.54) is 18.2 Å². The van der Waals surface area contributed by atoms with Gasteiger partial charge < -0.3 is 4.74 Å². The van der Waals surface area contributed by atoms with Gasteiger partial charge in [0.05, 0.1) is 12.3 Å². The number of aryl methyl sites for hydroxylation is 2. The van der Waals surface area contributed by atoms with Crippen LogP contribution in [0.5, 0.6) is 5.75 Å². The van der Waals surface area contributed by atoms with E-state index >= 15 is 0 Å². The van der Waals surface area contributed by atoms with Gasteiger partial charge in [-0.2, -0.15) is 0 Å². The van der Waals surface area contributed by atoms with Gasteiger partial charge in [0.25, 0.3) is 11.8 Å². The van der Waals surface area contributed by atoms with Gasteiger partial charge in [-0.05, 0) is 79.4 Å². The van der Waals surface area contributed by atoms with Gasteiger partial charge >= 0.3 is 6.03 Å². The van der Waals surface area contributed by atoms with Gasteiger partial charge in [-0.3, -0.25) is 14.9 Å². The van der Waals surface area contributed by atoms with Crippen LogP contribution in [0.3, 0.4) is 0 Å². The highest BCUT2D eigenvalue weighted by Gasteiger charge is 2.37. The number of hydrogen-bond acceptors (Lipinski definition) is 4. The minimum Gasteiger partial charge on any atom is -0.494 e. The van der Waals surface area contributed by atoms with E-state index in [1.807, 2.05) is 32.0 Å². The number of hydrogen-bond donors (Lipinski definition) is 1. The second kappa shape index (κ2) is 10.5. The van der Waals surface area contributed by atoms with Crippen molar-refractivity contribution in [3.8, 4) is 5.75 Å². The molecular formula is C28H24BrFN2O4. The number of nitrogens with one attached hydrogen (secondary N) is 1. The van der Waals surface area contributed by atoms with Crippen molar-refractivity contribution in [3.63, 3.8) is 0 Å². The molecule has 4 rings (SSSR count). The van der Waals surface area contributed by atoms with Gasteiger partial charge in [0.1, 0.15) is 17.1 Å². The third-order valence-electron chi connectivity index (χ3n) is 5.76. The van der Waals surface area contributed by atoms with Crippen LogP contribution in [0, 0.1) is 19.7 Å². The maximum absolute atomic E-state index is 13.7. The molecule has 184 valence electrons. The fourth-order valence-corrected chi connectivity index (χ4v) is 4.62. The van der Waals surface area contributed by atoms with Crippen molar-refractivity contribution >= 4 is 45.5 Å². The average molecular weight is 551 g/mol. The van der Waals surface area contributed by atoms with Gasteiger partial charge in [0, 0.05) is 16.5 Å². The number of amides is 4. The van der Waals surface area contributed by atoms with Crippen LogP contribution in [0.25, 0.3) is 6.08 Å². The highest BCUT2D eigenvalue weighted by atomic mass is 79.9. The minimum absolute atomic E-state index is 0.178. The Morgan fingerprint density at radius 2 is 1.83 bits per heavy atom. The first-order valence-corrected chi connectivity index (χ1v) is 12.2. The monoisotopic (exact) mass is 550 g/mol. The van der Waals surface area contributed by atoms with Crippen LogP contribution in [0.2, 0.25) is 0 Å². The fourth-order valence-electron chi connectivity index (χ4n) is 4.02. The molecule has 6 nitrogen and oxygen atoms in total. The summed E-state index contributed by atoms with van der Waals surface area (Å²) in [7, 11) is 0. The summed E-state index contributed by atoms with van der Waals surface area (Å²) in [5.74, 6) is -1.28. The van der Waals surface area contributed by atoms with Crippen molar-refractivity contribution in [3.05, 3.63) is 98.3 Å². The summed E-state index contributed by atoms with van der Waals surface area (Å²) in [5, 5.41) is 2.26. The predicted molar refractivity (Wildman–Crippen MR) is 139 cm³/mol. The minimum atomic E-state index is -0.794. The van der Waals surface area contributed by atoms with Crippen LogP contribution < -0.4 is 15.0 Å². The summed E-state index contributed by atoms with van der Waals surface area (Å²) >= 11 is 3.56. The van der Waals surface area contributed by atoms with Crippen LogP contribution in [-0.2, 0) is 16.0 Å². The van der Waals surface area contributed by atoms with E-state index in [4.69, 9.17) is 4.74 Å². The summed E-state index contributed by atoms with van der Waals surface area (Å²) in [6.45, 7) is 5.88. The van der Waals surface area contributed by atoms with E-state index in [2.05, 4.69) is 21.2 Å². The Bertz CT molecular complexity index is 1420. The molecule has 0 radical (unpaired) electrons. The number of anilines is 1. The Kier molecular flexibility index (Phi) is 7.35. The predicted octanol–water partition coefficient (Wildman–Crippen LogP) is 5.86. The molecular weight excluding hydrogens is 527 g/mol. The van der Waals surface area contributed by atoms with Crippen molar-refractivity contribution in [1.82, 2.24) is 5.32 Å². The molecule has 36 heavy (non-hydrogen) atoms. The van der Waals surface area contributed by atoms with E-state index < -0.39 is 17.8 Å². The first-order valence-electron chi connectivity index (χ1n) is 11.4. The van der Waals surface area contributed by atoms with E-state index in [-0.39, 0.29) is 11.4 Å². The standard InChI is InChI=1S/C28H24BrFN2O4/c1-4-36-25-15-19(14-23(29)21(25)12-18-6-5-7-20(30)11-18)13-22-26(33)31-28(35)32(27(22)34)24-10-16(2)8-9-17(24)3/h5-11,13-15H,4,12H2,1-3H3,(H,31,33,35)/b22-13+. The number of nitrogens with zero attached hydrogens (tertiary/aromatic N) is 1. The zero-order valence-corrected chi connectivity index (χ0v) is 21.6. The van der Waals surface area contributed by atoms with E-state index in [9.17, 15) is 18.8 Å². The zero-order valence-electron chi connectivity index (χ0n) is 20.0. The number of urea groups is 1.